The van der Waals surface area contributed by atoms with Crippen LogP contribution >= 0.6 is 0 Å². The van der Waals surface area contributed by atoms with Gasteiger partial charge in [-0.25, -0.2) is 0 Å². The van der Waals surface area contributed by atoms with Gasteiger partial charge in [0, 0.05) is 5.41 Å². The van der Waals surface area contributed by atoms with Gasteiger partial charge in [0.1, 0.15) is 5.92 Å². The van der Waals surface area contributed by atoms with E-state index in [1.165, 1.54) is 12.0 Å². The first-order valence-corrected chi connectivity index (χ1v) is 8.79. The molecule has 1 aromatic carbocycles. The first-order valence-electron chi connectivity index (χ1n) is 8.79. The molecule has 0 amide bonds. The Morgan fingerprint density at radius 1 is 1.13 bits per heavy atom. The number of benzene rings is 1. The molecule has 3 heteroatoms. The Balaban J connectivity index is 1.78. The fourth-order valence-corrected chi connectivity index (χ4v) is 6.28. The first-order chi connectivity index (χ1) is 11.1. The fourth-order valence-electron chi connectivity index (χ4n) is 6.28. The molecule has 0 aromatic heterocycles. The van der Waals surface area contributed by atoms with Crippen molar-refractivity contribution in [2.24, 2.45) is 35.0 Å². The van der Waals surface area contributed by atoms with Crippen LogP contribution in [-0.2, 0) is 11.2 Å². The second-order valence-corrected chi connectivity index (χ2v) is 7.98. The molecule has 0 spiro atoms. The molecule has 4 saturated carbocycles. The minimum Gasteiger partial charge on any atom is -0.480 e. The van der Waals surface area contributed by atoms with E-state index in [1.54, 1.807) is 0 Å². The van der Waals surface area contributed by atoms with Crippen molar-refractivity contribution in [3.8, 4) is 6.07 Å². The van der Waals surface area contributed by atoms with Gasteiger partial charge in [0.25, 0.3) is 0 Å². The number of nitrogens with zero attached hydrogens (tertiary/aromatic N) is 1. The smallest absolute Gasteiger partial charge is 0.321 e. The molecule has 0 heterocycles. The average molecular weight is 309 g/mol. The van der Waals surface area contributed by atoms with Gasteiger partial charge < -0.3 is 5.11 Å². The molecule has 1 aromatic rings. The highest BCUT2D eigenvalue weighted by molar-refractivity contribution is 5.74. The molecule has 23 heavy (non-hydrogen) atoms. The molecule has 0 aliphatic heterocycles. The summed E-state index contributed by atoms with van der Waals surface area (Å²) >= 11 is 0. The molecular weight excluding hydrogens is 286 g/mol. The Morgan fingerprint density at radius 3 is 2.17 bits per heavy atom. The van der Waals surface area contributed by atoms with E-state index in [2.05, 4.69) is 18.2 Å². The quantitative estimate of drug-likeness (QED) is 0.917. The second kappa shape index (κ2) is 5.37. The van der Waals surface area contributed by atoms with Crippen LogP contribution in [0.1, 0.15) is 37.7 Å². The normalized spacial score (nSPS) is 38.9. The summed E-state index contributed by atoms with van der Waals surface area (Å²) in [5.74, 6) is 0.553. The summed E-state index contributed by atoms with van der Waals surface area (Å²) in [6.07, 6.45) is 6.60. The molecule has 5 rings (SSSR count). The summed E-state index contributed by atoms with van der Waals surface area (Å²) in [4.78, 5) is 11.9. The van der Waals surface area contributed by atoms with Crippen molar-refractivity contribution in [1.29, 1.82) is 5.26 Å². The summed E-state index contributed by atoms with van der Waals surface area (Å²) in [5.41, 5.74) is 0.816. The third-order valence-electron chi connectivity index (χ3n) is 6.92. The number of hydrogen-bond donors (Lipinski definition) is 1. The fraction of sp³-hybridized carbons (Fsp3) is 0.600. The zero-order valence-corrected chi connectivity index (χ0v) is 13.3. The van der Waals surface area contributed by atoms with E-state index in [-0.39, 0.29) is 5.41 Å². The molecule has 120 valence electrons. The van der Waals surface area contributed by atoms with Crippen LogP contribution in [0.3, 0.4) is 0 Å². The van der Waals surface area contributed by atoms with Gasteiger partial charge in [-0.2, -0.15) is 5.26 Å². The number of carboxylic acids is 1. The van der Waals surface area contributed by atoms with E-state index in [0.717, 1.165) is 43.9 Å². The van der Waals surface area contributed by atoms with Crippen LogP contribution in [0.4, 0.5) is 0 Å². The number of hydrogen-bond acceptors (Lipinski definition) is 2. The van der Waals surface area contributed by atoms with Crippen molar-refractivity contribution in [2.45, 2.75) is 38.5 Å². The maximum atomic E-state index is 11.9. The largest absolute Gasteiger partial charge is 0.480 e. The summed E-state index contributed by atoms with van der Waals surface area (Å²) < 4.78 is 0. The zero-order chi connectivity index (χ0) is 16.0. The Bertz CT molecular complexity index is 617. The van der Waals surface area contributed by atoms with Crippen molar-refractivity contribution in [3.05, 3.63) is 35.9 Å². The van der Waals surface area contributed by atoms with Crippen LogP contribution in [0.5, 0.6) is 0 Å². The minimum atomic E-state index is -0.920. The highest BCUT2D eigenvalue weighted by atomic mass is 16.4. The first kappa shape index (κ1) is 14.8. The lowest BCUT2D eigenvalue weighted by atomic mass is 9.41. The van der Waals surface area contributed by atoms with Crippen molar-refractivity contribution in [1.82, 2.24) is 0 Å². The van der Waals surface area contributed by atoms with Gasteiger partial charge in [-0.1, -0.05) is 30.3 Å². The van der Waals surface area contributed by atoms with Crippen molar-refractivity contribution < 1.29 is 9.90 Å². The zero-order valence-electron chi connectivity index (χ0n) is 13.3. The van der Waals surface area contributed by atoms with E-state index in [0.29, 0.717) is 11.8 Å². The molecule has 0 saturated heterocycles. The van der Waals surface area contributed by atoms with Gasteiger partial charge in [0.2, 0.25) is 0 Å². The third kappa shape index (κ3) is 2.19. The molecule has 1 N–H and O–H groups in total. The molecule has 4 aliphatic carbocycles. The van der Waals surface area contributed by atoms with Crippen LogP contribution in [0.25, 0.3) is 0 Å². The molecule has 4 bridgehead atoms. The summed E-state index contributed by atoms with van der Waals surface area (Å²) in [5, 5.41) is 19.5. The molecule has 4 aliphatic rings. The van der Waals surface area contributed by atoms with Gasteiger partial charge in [-0.05, 0) is 67.8 Å². The van der Waals surface area contributed by atoms with Gasteiger partial charge in [0.15, 0.2) is 0 Å². The molecule has 4 fully saturated rings. The third-order valence-corrected chi connectivity index (χ3v) is 6.92. The van der Waals surface area contributed by atoms with E-state index in [9.17, 15) is 15.2 Å². The van der Waals surface area contributed by atoms with Crippen molar-refractivity contribution in [3.63, 3.8) is 0 Å². The molecule has 0 radical (unpaired) electrons. The topological polar surface area (TPSA) is 61.1 Å². The van der Waals surface area contributed by atoms with E-state index in [1.807, 2.05) is 18.2 Å². The second-order valence-electron chi connectivity index (χ2n) is 7.98. The number of nitriles is 1. The minimum absolute atomic E-state index is 0.366. The lowest BCUT2D eigenvalue weighted by molar-refractivity contribution is -0.165. The van der Waals surface area contributed by atoms with E-state index < -0.39 is 11.9 Å². The molecule has 1 unspecified atom stereocenters. The summed E-state index contributed by atoms with van der Waals surface area (Å²) in [6.45, 7) is 0. The van der Waals surface area contributed by atoms with Crippen molar-refractivity contribution >= 4 is 5.97 Å². The van der Waals surface area contributed by atoms with Gasteiger partial charge in [-0.15, -0.1) is 0 Å². The van der Waals surface area contributed by atoms with E-state index >= 15 is 0 Å². The lowest BCUT2D eigenvalue weighted by Gasteiger charge is -2.62. The Labute approximate surface area is 137 Å². The van der Waals surface area contributed by atoms with Crippen LogP contribution in [-0.4, -0.2) is 11.1 Å². The summed E-state index contributed by atoms with van der Waals surface area (Å²) in [6, 6.07) is 12.4. The molecule has 3 nitrogen and oxygen atoms in total. The number of aliphatic carboxylic acids is 1. The number of carbonyl (C=O) groups is 1. The number of rotatable bonds is 4. The van der Waals surface area contributed by atoms with Crippen LogP contribution in [0.15, 0.2) is 30.3 Å². The van der Waals surface area contributed by atoms with Gasteiger partial charge in [-0.3, -0.25) is 4.79 Å². The molecular formula is C20H23NO2. The SMILES string of the molecule is N#CC(C(=O)O)C1(Cc2ccccc2)C2CC3CC(C2)CC1C3. The monoisotopic (exact) mass is 309 g/mol. The van der Waals surface area contributed by atoms with Crippen LogP contribution < -0.4 is 0 Å². The highest BCUT2D eigenvalue weighted by Gasteiger charge is 2.61. The standard InChI is InChI=1S/C20H23NO2/c21-12-18(19(22)23)20(11-13-4-2-1-3-5-13)16-7-14-6-15(9-16)10-17(20)8-14/h1-5,14-18H,6-11H2,(H,22,23). The summed E-state index contributed by atoms with van der Waals surface area (Å²) in [7, 11) is 0. The maximum absolute atomic E-state index is 11.9. The molecule has 1 atom stereocenters. The van der Waals surface area contributed by atoms with Gasteiger partial charge >= 0.3 is 5.97 Å². The Hall–Kier alpha value is -1.82. The van der Waals surface area contributed by atoms with Gasteiger partial charge in [0.05, 0.1) is 6.07 Å². The predicted octanol–water partition coefficient (Wildman–Crippen LogP) is 3.90. The predicted molar refractivity (Wildman–Crippen MR) is 86.4 cm³/mol. The van der Waals surface area contributed by atoms with Crippen molar-refractivity contribution in [2.75, 3.05) is 0 Å². The Morgan fingerprint density at radius 2 is 1.70 bits per heavy atom. The average Bonchev–Trinajstić information content (AvgIpc) is 2.52. The lowest BCUT2D eigenvalue weighted by Crippen LogP contribution is -2.58. The maximum Gasteiger partial charge on any atom is 0.321 e. The number of carboxylic acid groups (broad SMARTS) is 1. The van der Waals surface area contributed by atoms with E-state index in [4.69, 9.17) is 0 Å². The Kier molecular flexibility index (Phi) is 3.44. The van der Waals surface area contributed by atoms with Crippen LogP contribution in [0, 0.1) is 46.3 Å². The van der Waals surface area contributed by atoms with Crippen LogP contribution in [0.2, 0.25) is 0 Å². The highest BCUT2D eigenvalue weighted by Crippen LogP contribution is 2.65.